The van der Waals surface area contributed by atoms with Crippen molar-refractivity contribution in [1.29, 1.82) is 0 Å². The van der Waals surface area contributed by atoms with Gasteiger partial charge in [-0.1, -0.05) is 31.6 Å². The monoisotopic (exact) mass is 395 g/mol. The van der Waals surface area contributed by atoms with E-state index in [0.29, 0.717) is 5.92 Å². The first kappa shape index (κ1) is 19.1. The predicted molar refractivity (Wildman–Crippen MR) is 112 cm³/mol. The van der Waals surface area contributed by atoms with Gasteiger partial charge >= 0.3 is 5.97 Å². The lowest BCUT2D eigenvalue weighted by Gasteiger charge is -2.57. The molecule has 2 fully saturated rings. The van der Waals surface area contributed by atoms with Crippen molar-refractivity contribution in [3.8, 4) is 0 Å². The molecule has 0 bridgehead atoms. The maximum Gasteiger partial charge on any atom is 0.302 e. The molecule has 6 atom stereocenters. The molecule has 4 nitrogen and oxygen atoms in total. The molecule has 1 heterocycles. The molecule has 4 aliphatic carbocycles. The molecule has 2 saturated carbocycles. The summed E-state index contributed by atoms with van der Waals surface area (Å²) in [7, 11) is 0. The van der Waals surface area contributed by atoms with Gasteiger partial charge in [-0.15, -0.1) is 0 Å². The number of hydrogen-bond donors (Lipinski definition) is 0. The van der Waals surface area contributed by atoms with Crippen LogP contribution < -0.4 is 0 Å². The zero-order valence-electron chi connectivity index (χ0n) is 18.2. The van der Waals surface area contributed by atoms with Gasteiger partial charge in [-0.3, -0.25) is 4.79 Å². The zero-order valence-corrected chi connectivity index (χ0v) is 18.2. The summed E-state index contributed by atoms with van der Waals surface area (Å²) in [6, 6.07) is 0. The first-order valence-corrected chi connectivity index (χ1v) is 11.3. The minimum atomic E-state index is -0.146. The highest BCUT2D eigenvalue weighted by Gasteiger charge is 2.57. The summed E-state index contributed by atoms with van der Waals surface area (Å²) in [5.74, 6) is 3.71. The first-order chi connectivity index (χ1) is 13.8. The highest BCUT2D eigenvalue weighted by Crippen LogP contribution is 2.66. The van der Waals surface area contributed by atoms with Gasteiger partial charge in [-0.05, 0) is 68.6 Å². The van der Waals surface area contributed by atoms with E-state index in [4.69, 9.17) is 9.15 Å². The van der Waals surface area contributed by atoms with Crippen LogP contribution in [-0.4, -0.2) is 17.1 Å². The molecule has 29 heavy (non-hydrogen) atoms. The van der Waals surface area contributed by atoms with Crippen LogP contribution in [0.4, 0.5) is 0 Å². The summed E-state index contributed by atoms with van der Waals surface area (Å²) in [5, 5.41) is 0. The number of allylic oxidation sites excluding steroid dienone is 3. The third-order valence-electron chi connectivity index (χ3n) is 8.82. The van der Waals surface area contributed by atoms with Crippen LogP contribution in [0.1, 0.15) is 77.4 Å². The normalized spacial score (nSPS) is 41.0. The maximum atomic E-state index is 11.4. The van der Waals surface area contributed by atoms with Crippen molar-refractivity contribution in [3.05, 3.63) is 35.6 Å². The topological polar surface area (TPSA) is 52.3 Å². The second-order valence-corrected chi connectivity index (χ2v) is 10.3. The Morgan fingerprint density at radius 3 is 2.66 bits per heavy atom. The van der Waals surface area contributed by atoms with Gasteiger partial charge in [0.2, 0.25) is 5.89 Å². The Bertz CT molecular complexity index is 896. The summed E-state index contributed by atoms with van der Waals surface area (Å²) in [6.45, 7) is 8.44. The predicted octanol–water partition coefficient (Wildman–Crippen LogP) is 5.87. The standard InChI is InChI=1S/C25H33NO3/c1-15-14-26-23(28-15)22-8-7-20-19-6-5-17-13-18(29-16(2)27)9-11-24(17,3)21(19)10-12-25(20,22)4/h5,8,14,18-21H,6-7,9-13H2,1-4H3/t18-,19-,20-,21-,24-,25-/m0/s1. The first-order valence-electron chi connectivity index (χ1n) is 11.3. The van der Waals surface area contributed by atoms with Crippen molar-refractivity contribution in [1.82, 2.24) is 4.98 Å². The number of ether oxygens (including phenoxy) is 1. The summed E-state index contributed by atoms with van der Waals surface area (Å²) in [6.07, 6.45) is 14.7. The van der Waals surface area contributed by atoms with Crippen molar-refractivity contribution in [2.75, 3.05) is 0 Å². The molecule has 0 aliphatic heterocycles. The molecular weight excluding hydrogens is 362 g/mol. The fourth-order valence-electron chi connectivity index (χ4n) is 7.34. The van der Waals surface area contributed by atoms with Crippen LogP contribution in [-0.2, 0) is 9.53 Å². The number of fused-ring (bicyclic) bond motifs is 5. The van der Waals surface area contributed by atoms with Gasteiger partial charge in [0.25, 0.3) is 0 Å². The average molecular weight is 396 g/mol. The third-order valence-corrected chi connectivity index (χ3v) is 8.82. The van der Waals surface area contributed by atoms with Crippen molar-refractivity contribution in [2.24, 2.45) is 28.6 Å². The molecule has 4 aliphatic rings. The number of aryl methyl sites for hydroxylation is 1. The Morgan fingerprint density at radius 2 is 1.93 bits per heavy atom. The minimum absolute atomic E-state index is 0.0743. The molecule has 0 unspecified atom stereocenters. The van der Waals surface area contributed by atoms with Gasteiger partial charge in [0.15, 0.2) is 0 Å². The number of esters is 1. The van der Waals surface area contributed by atoms with E-state index in [1.54, 1.807) is 5.57 Å². The van der Waals surface area contributed by atoms with Crippen LogP contribution in [0.2, 0.25) is 0 Å². The maximum absolute atomic E-state index is 11.4. The number of rotatable bonds is 2. The van der Waals surface area contributed by atoms with Crippen LogP contribution in [0.3, 0.4) is 0 Å². The summed E-state index contributed by atoms with van der Waals surface area (Å²) in [4.78, 5) is 16.0. The Kier molecular flexibility index (Phi) is 4.34. The second-order valence-electron chi connectivity index (χ2n) is 10.3. The molecular formula is C25H33NO3. The molecule has 0 amide bonds. The Morgan fingerprint density at radius 1 is 1.14 bits per heavy atom. The van der Waals surface area contributed by atoms with E-state index in [2.05, 4.69) is 31.0 Å². The fourth-order valence-corrected chi connectivity index (χ4v) is 7.34. The number of aromatic nitrogens is 1. The molecule has 0 aromatic carbocycles. The second kappa shape index (κ2) is 6.58. The smallest absolute Gasteiger partial charge is 0.302 e. The van der Waals surface area contributed by atoms with Gasteiger partial charge < -0.3 is 9.15 Å². The minimum Gasteiger partial charge on any atom is -0.462 e. The molecule has 5 rings (SSSR count). The van der Waals surface area contributed by atoms with Crippen molar-refractivity contribution in [3.63, 3.8) is 0 Å². The molecule has 1 aromatic heterocycles. The summed E-state index contributed by atoms with van der Waals surface area (Å²) < 4.78 is 11.5. The van der Waals surface area contributed by atoms with E-state index in [-0.39, 0.29) is 22.9 Å². The zero-order chi connectivity index (χ0) is 20.4. The average Bonchev–Trinajstić information content (AvgIpc) is 3.24. The summed E-state index contributed by atoms with van der Waals surface area (Å²) >= 11 is 0. The van der Waals surface area contributed by atoms with Crippen molar-refractivity contribution < 1.29 is 13.9 Å². The Labute approximate surface area is 173 Å². The quantitative estimate of drug-likeness (QED) is 0.464. The molecule has 0 saturated heterocycles. The fraction of sp³-hybridized carbons (Fsp3) is 0.680. The number of hydrogen-bond acceptors (Lipinski definition) is 4. The lowest BCUT2D eigenvalue weighted by molar-refractivity contribution is -0.148. The third kappa shape index (κ3) is 2.85. The van der Waals surface area contributed by atoms with E-state index in [1.807, 2.05) is 13.1 Å². The van der Waals surface area contributed by atoms with Crippen molar-refractivity contribution in [2.45, 2.75) is 78.7 Å². The van der Waals surface area contributed by atoms with E-state index in [0.717, 1.165) is 55.6 Å². The van der Waals surface area contributed by atoms with Crippen LogP contribution in [0.25, 0.3) is 5.57 Å². The molecule has 0 spiro atoms. The van der Waals surface area contributed by atoms with Gasteiger partial charge in [0, 0.05) is 24.3 Å². The van der Waals surface area contributed by atoms with Gasteiger partial charge in [-0.2, -0.15) is 0 Å². The van der Waals surface area contributed by atoms with Crippen LogP contribution in [0, 0.1) is 35.5 Å². The van der Waals surface area contributed by atoms with E-state index >= 15 is 0 Å². The highest BCUT2D eigenvalue weighted by molar-refractivity contribution is 5.68. The number of oxazole rings is 1. The number of carbonyl (C=O) groups excluding carboxylic acids is 1. The Hall–Kier alpha value is -1.84. The molecule has 1 aromatic rings. The largest absolute Gasteiger partial charge is 0.462 e. The van der Waals surface area contributed by atoms with Crippen LogP contribution in [0.15, 0.2) is 28.3 Å². The van der Waals surface area contributed by atoms with E-state index in [9.17, 15) is 4.79 Å². The number of nitrogens with zero attached hydrogens (tertiary/aromatic N) is 1. The lowest BCUT2D eigenvalue weighted by Crippen LogP contribution is -2.50. The van der Waals surface area contributed by atoms with Gasteiger partial charge in [-0.25, -0.2) is 4.98 Å². The van der Waals surface area contributed by atoms with Gasteiger partial charge in [0.05, 0.1) is 6.20 Å². The SMILES string of the molecule is CC(=O)O[C@H]1CC[C@@]2(C)C(=CC[C@@H]3[C@@H]2CC[C@]2(C)C(c4ncc(C)o4)=CC[C@@H]32)C1. The molecule has 0 N–H and O–H groups in total. The van der Waals surface area contributed by atoms with Crippen LogP contribution >= 0.6 is 0 Å². The van der Waals surface area contributed by atoms with Gasteiger partial charge in [0.1, 0.15) is 11.9 Å². The Balaban J connectivity index is 1.41. The lowest BCUT2D eigenvalue weighted by atomic mass is 9.47. The van der Waals surface area contributed by atoms with Crippen LogP contribution in [0.5, 0.6) is 0 Å². The highest BCUT2D eigenvalue weighted by atomic mass is 16.5. The molecule has 0 radical (unpaired) electrons. The van der Waals surface area contributed by atoms with Crippen molar-refractivity contribution >= 4 is 11.5 Å². The molecule has 156 valence electrons. The number of carbonyl (C=O) groups is 1. The van der Waals surface area contributed by atoms with E-state index < -0.39 is 0 Å². The summed E-state index contributed by atoms with van der Waals surface area (Å²) in [5.41, 5.74) is 3.33. The van der Waals surface area contributed by atoms with E-state index in [1.165, 1.54) is 25.3 Å². The molecule has 4 heteroatoms.